The lowest BCUT2D eigenvalue weighted by molar-refractivity contribution is -0.238. The largest absolute Gasteiger partial charge is 0.462 e. The number of carbonyl (C=O) groups excluding carboxylic acids is 2. The Hall–Kier alpha value is -2.30. The van der Waals surface area contributed by atoms with Gasteiger partial charge in [-0.2, -0.15) is 10.0 Å². The quantitative estimate of drug-likeness (QED) is 0.658. The van der Waals surface area contributed by atoms with Gasteiger partial charge < -0.3 is 15.2 Å². The van der Waals surface area contributed by atoms with Crippen LogP contribution in [0.15, 0.2) is 17.1 Å². The number of esters is 1. The Morgan fingerprint density at radius 3 is 2.79 bits per heavy atom. The van der Waals surface area contributed by atoms with Crippen LogP contribution < -0.4 is 11.0 Å². The monoisotopic (exact) mass is 340 g/mol. The Kier molecular flexibility index (Phi) is 5.32. The minimum Gasteiger partial charge on any atom is -0.462 e. The van der Waals surface area contributed by atoms with Crippen LogP contribution in [0.5, 0.6) is 0 Å². The van der Waals surface area contributed by atoms with Gasteiger partial charge in [-0.25, -0.2) is 9.59 Å². The molecule has 1 saturated heterocycles. The number of hydroxylamine groups is 2. The third-order valence-corrected chi connectivity index (χ3v) is 3.62. The maximum absolute atomic E-state index is 12.5. The molecule has 1 aliphatic rings. The van der Waals surface area contributed by atoms with Crippen LogP contribution in [-0.2, 0) is 24.9 Å². The summed E-state index contributed by atoms with van der Waals surface area (Å²) < 4.78 is 6.05. The van der Waals surface area contributed by atoms with Gasteiger partial charge in [-0.3, -0.25) is 14.2 Å². The Labute approximate surface area is 137 Å². The SMILES string of the molecule is CCOC(=O)[C@]1(n2ccc(NC(C)=O)nc2=O)C[C@@H](CO)N(C)O1. The molecule has 0 unspecified atom stereocenters. The molecule has 0 radical (unpaired) electrons. The van der Waals surface area contributed by atoms with E-state index in [4.69, 9.17) is 9.57 Å². The Bertz CT molecular complexity index is 690. The third-order valence-electron chi connectivity index (χ3n) is 3.62. The molecule has 10 nitrogen and oxygen atoms in total. The molecule has 0 spiro atoms. The maximum Gasteiger partial charge on any atom is 0.362 e. The number of rotatable bonds is 5. The number of amides is 1. The summed E-state index contributed by atoms with van der Waals surface area (Å²) in [7, 11) is 1.55. The van der Waals surface area contributed by atoms with E-state index in [1.165, 1.54) is 24.3 Å². The van der Waals surface area contributed by atoms with E-state index in [0.29, 0.717) is 0 Å². The van der Waals surface area contributed by atoms with Crippen molar-refractivity contribution < 1.29 is 24.3 Å². The van der Waals surface area contributed by atoms with E-state index in [1.54, 1.807) is 14.0 Å². The smallest absolute Gasteiger partial charge is 0.362 e. The Morgan fingerprint density at radius 1 is 1.58 bits per heavy atom. The van der Waals surface area contributed by atoms with Crippen LogP contribution in [0.25, 0.3) is 0 Å². The molecule has 24 heavy (non-hydrogen) atoms. The molecule has 0 saturated carbocycles. The average Bonchev–Trinajstić information content (AvgIpc) is 2.85. The number of hydrogen-bond donors (Lipinski definition) is 2. The lowest BCUT2D eigenvalue weighted by Crippen LogP contribution is -2.49. The fraction of sp³-hybridized carbons (Fsp3) is 0.571. The summed E-state index contributed by atoms with van der Waals surface area (Å²) in [6.07, 6.45) is 1.31. The molecule has 2 rings (SSSR count). The first kappa shape index (κ1) is 18.0. The minimum atomic E-state index is -1.75. The third kappa shape index (κ3) is 3.30. The molecule has 10 heteroatoms. The van der Waals surface area contributed by atoms with Crippen molar-refractivity contribution in [3.05, 3.63) is 22.7 Å². The molecule has 1 aliphatic heterocycles. The van der Waals surface area contributed by atoms with E-state index in [0.717, 1.165) is 4.57 Å². The molecule has 1 fully saturated rings. The van der Waals surface area contributed by atoms with Crippen molar-refractivity contribution in [2.75, 3.05) is 25.6 Å². The molecule has 0 bridgehead atoms. The lowest BCUT2D eigenvalue weighted by atomic mass is 10.1. The molecule has 2 heterocycles. The summed E-state index contributed by atoms with van der Waals surface area (Å²) in [5, 5.41) is 13.1. The van der Waals surface area contributed by atoms with Crippen molar-refractivity contribution >= 4 is 17.7 Å². The lowest BCUT2D eigenvalue weighted by Gasteiger charge is -2.27. The molecule has 0 aliphatic carbocycles. The number of nitrogens with one attached hydrogen (secondary N) is 1. The predicted molar refractivity (Wildman–Crippen MR) is 81.7 cm³/mol. The molecule has 1 aromatic rings. The van der Waals surface area contributed by atoms with Crippen molar-refractivity contribution in [3.63, 3.8) is 0 Å². The van der Waals surface area contributed by atoms with Gasteiger partial charge in [0.15, 0.2) is 0 Å². The summed E-state index contributed by atoms with van der Waals surface area (Å²) in [4.78, 5) is 45.2. The zero-order valence-corrected chi connectivity index (χ0v) is 13.7. The van der Waals surface area contributed by atoms with Crippen molar-refractivity contribution in [1.82, 2.24) is 14.6 Å². The fourth-order valence-corrected chi connectivity index (χ4v) is 2.51. The summed E-state index contributed by atoms with van der Waals surface area (Å²) in [6, 6.07) is 0.885. The Morgan fingerprint density at radius 2 is 2.29 bits per heavy atom. The molecular weight excluding hydrogens is 320 g/mol. The highest BCUT2D eigenvalue weighted by molar-refractivity contribution is 5.87. The molecule has 1 amide bonds. The molecular formula is C14H20N4O6. The van der Waals surface area contributed by atoms with Gasteiger partial charge in [0, 0.05) is 26.6 Å². The zero-order valence-electron chi connectivity index (χ0n) is 13.7. The first-order valence-electron chi connectivity index (χ1n) is 7.42. The molecule has 0 aromatic carbocycles. The standard InChI is InChI=1S/C14H20N4O6/c1-4-23-12(21)14(7-10(8-19)17(3)24-14)18-6-5-11(15-9(2)20)16-13(18)22/h5-6,10,19H,4,7-8H2,1-3H3,(H,15,16,20,22)/t10-,14-/m0/s1. The number of aromatic nitrogens is 2. The van der Waals surface area contributed by atoms with Gasteiger partial charge >= 0.3 is 11.7 Å². The van der Waals surface area contributed by atoms with Gasteiger partial charge in [0.25, 0.3) is 5.72 Å². The van der Waals surface area contributed by atoms with Gasteiger partial charge in [-0.1, -0.05) is 0 Å². The first-order valence-corrected chi connectivity index (χ1v) is 7.42. The first-order chi connectivity index (χ1) is 11.3. The van der Waals surface area contributed by atoms with Crippen LogP contribution in [0.1, 0.15) is 20.3 Å². The summed E-state index contributed by atoms with van der Waals surface area (Å²) in [5.41, 5.74) is -2.54. The van der Waals surface area contributed by atoms with E-state index < -0.39 is 23.4 Å². The number of ether oxygens (including phenoxy) is 1. The highest BCUT2D eigenvalue weighted by Crippen LogP contribution is 2.34. The van der Waals surface area contributed by atoms with Crippen molar-refractivity contribution in [2.45, 2.75) is 32.0 Å². The van der Waals surface area contributed by atoms with E-state index in [9.17, 15) is 19.5 Å². The number of carbonyl (C=O) groups is 2. The summed E-state index contributed by atoms with van der Waals surface area (Å²) in [6.45, 7) is 2.76. The Balaban J connectivity index is 2.47. The van der Waals surface area contributed by atoms with Crippen LogP contribution in [0.2, 0.25) is 0 Å². The normalized spacial score (nSPS) is 23.9. The van der Waals surface area contributed by atoms with Gasteiger partial charge in [0.2, 0.25) is 5.91 Å². The van der Waals surface area contributed by atoms with Crippen molar-refractivity contribution in [3.8, 4) is 0 Å². The number of anilines is 1. The predicted octanol–water partition coefficient (Wildman–Crippen LogP) is -0.954. The minimum absolute atomic E-state index is 0.0138. The topological polar surface area (TPSA) is 123 Å². The maximum atomic E-state index is 12.5. The van der Waals surface area contributed by atoms with Crippen LogP contribution in [0.3, 0.4) is 0 Å². The van der Waals surface area contributed by atoms with Crippen LogP contribution in [-0.4, -0.2) is 57.9 Å². The highest BCUT2D eigenvalue weighted by Gasteiger charge is 2.53. The van der Waals surface area contributed by atoms with Crippen LogP contribution in [0.4, 0.5) is 5.82 Å². The molecule has 132 valence electrons. The van der Waals surface area contributed by atoms with E-state index in [1.807, 2.05) is 0 Å². The highest BCUT2D eigenvalue weighted by atomic mass is 16.7. The average molecular weight is 340 g/mol. The summed E-state index contributed by atoms with van der Waals surface area (Å²) in [5.74, 6) is -1.08. The summed E-state index contributed by atoms with van der Waals surface area (Å²) >= 11 is 0. The fourth-order valence-electron chi connectivity index (χ4n) is 2.51. The number of aliphatic hydroxyl groups is 1. The second kappa shape index (κ2) is 7.07. The second-order valence-corrected chi connectivity index (χ2v) is 5.33. The van der Waals surface area contributed by atoms with Crippen molar-refractivity contribution in [1.29, 1.82) is 0 Å². The van der Waals surface area contributed by atoms with Gasteiger partial charge in [0.05, 0.1) is 19.3 Å². The van der Waals surface area contributed by atoms with Crippen molar-refractivity contribution in [2.24, 2.45) is 0 Å². The van der Waals surface area contributed by atoms with Gasteiger partial charge in [-0.05, 0) is 13.0 Å². The molecule has 1 aromatic heterocycles. The van der Waals surface area contributed by atoms with E-state index in [-0.39, 0.29) is 31.4 Å². The molecule has 2 N–H and O–H groups in total. The van der Waals surface area contributed by atoms with Crippen LogP contribution >= 0.6 is 0 Å². The number of aliphatic hydroxyl groups excluding tert-OH is 1. The van der Waals surface area contributed by atoms with E-state index >= 15 is 0 Å². The number of likely N-dealkylation sites (N-methyl/N-ethyl adjacent to an activating group) is 1. The van der Waals surface area contributed by atoms with Gasteiger partial charge in [0.1, 0.15) is 5.82 Å². The van der Waals surface area contributed by atoms with Gasteiger partial charge in [-0.15, -0.1) is 0 Å². The van der Waals surface area contributed by atoms with E-state index in [2.05, 4.69) is 10.3 Å². The second-order valence-electron chi connectivity index (χ2n) is 5.33. The molecule has 2 atom stereocenters. The number of nitrogens with zero attached hydrogens (tertiary/aromatic N) is 3. The zero-order chi connectivity index (χ0) is 17.9. The number of hydrogen-bond acceptors (Lipinski definition) is 8. The van der Waals surface area contributed by atoms with Crippen LogP contribution in [0, 0.1) is 0 Å².